The van der Waals surface area contributed by atoms with Gasteiger partial charge in [-0.2, -0.15) is 0 Å². The standard InChI is InChI=1S/C23H32N4O2/c1-5-24-22(28)19-10-8-18(9-11-19)16-27-23(25-6-2)26-14-13-20-15-17(3)7-12-21(20)29-4/h7-12,15H,5-6,13-14,16H2,1-4H3,(H,24,28)(H2,25,26,27). The Labute approximate surface area is 173 Å². The molecule has 0 radical (unpaired) electrons. The molecular formula is C23H32N4O2. The number of carbonyl (C=O) groups is 1. The molecule has 0 atom stereocenters. The van der Waals surface area contributed by atoms with E-state index in [9.17, 15) is 4.79 Å². The van der Waals surface area contributed by atoms with Crippen molar-refractivity contribution in [2.24, 2.45) is 4.99 Å². The Morgan fingerprint density at radius 3 is 2.38 bits per heavy atom. The van der Waals surface area contributed by atoms with Crippen LogP contribution in [-0.2, 0) is 13.0 Å². The minimum atomic E-state index is -0.0517. The average molecular weight is 397 g/mol. The number of amides is 1. The van der Waals surface area contributed by atoms with Crippen molar-refractivity contribution >= 4 is 11.9 Å². The SMILES string of the molecule is CCNC(=O)c1ccc(CN=C(NCC)NCCc2cc(C)ccc2OC)cc1. The van der Waals surface area contributed by atoms with Crippen molar-refractivity contribution in [2.75, 3.05) is 26.7 Å². The monoisotopic (exact) mass is 396 g/mol. The molecular weight excluding hydrogens is 364 g/mol. The van der Waals surface area contributed by atoms with Crippen LogP contribution < -0.4 is 20.7 Å². The number of hydrogen-bond donors (Lipinski definition) is 3. The van der Waals surface area contributed by atoms with Gasteiger partial charge in [-0.1, -0.05) is 29.8 Å². The molecule has 0 aliphatic rings. The molecule has 2 aromatic rings. The van der Waals surface area contributed by atoms with E-state index < -0.39 is 0 Å². The summed E-state index contributed by atoms with van der Waals surface area (Å²) in [7, 11) is 1.70. The number of nitrogens with zero attached hydrogens (tertiary/aromatic N) is 1. The molecule has 156 valence electrons. The van der Waals surface area contributed by atoms with Gasteiger partial charge in [0, 0.05) is 25.2 Å². The van der Waals surface area contributed by atoms with E-state index in [1.807, 2.05) is 44.2 Å². The zero-order chi connectivity index (χ0) is 21.1. The first-order valence-electron chi connectivity index (χ1n) is 10.1. The van der Waals surface area contributed by atoms with Crippen LogP contribution in [0.25, 0.3) is 0 Å². The number of carbonyl (C=O) groups excluding carboxylic acids is 1. The fourth-order valence-electron chi connectivity index (χ4n) is 2.95. The van der Waals surface area contributed by atoms with E-state index >= 15 is 0 Å². The predicted molar refractivity (Wildman–Crippen MR) is 119 cm³/mol. The fraction of sp³-hybridized carbons (Fsp3) is 0.391. The minimum Gasteiger partial charge on any atom is -0.496 e. The van der Waals surface area contributed by atoms with Crippen molar-refractivity contribution in [3.05, 3.63) is 64.7 Å². The van der Waals surface area contributed by atoms with Crippen LogP contribution >= 0.6 is 0 Å². The molecule has 0 unspecified atom stereocenters. The third kappa shape index (κ3) is 7.14. The van der Waals surface area contributed by atoms with Gasteiger partial charge in [-0.25, -0.2) is 4.99 Å². The highest BCUT2D eigenvalue weighted by Crippen LogP contribution is 2.19. The Hall–Kier alpha value is -3.02. The number of methoxy groups -OCH3 is 1. The molecule has 0 aliphatic carbocycles. The number of hydrogen-bond acceptors (Lipinski definition) is 3. The summed E-state index contributed by atoms with van der Waals surface area (Å²) in [4.78, 5) is 16.5. The second-order valence-electron chi connectivity index (χ2n) is 6.74. The van der Waals surface area contributed by atoms with Gasteiger partial charge in [-0.3, -0.25) is 4.79 Å². The Morgan fingerprint density at radius 1 is 1.00 bits per heavy atom. The van der Waals surface area contributed by atoms with Gasteiger partial charge in [0.15, 0.2) is 5.96 Å². The lowest BCUT2D eigenvalue weighted by Gasteiger charge is -2.13. The summed E-state index contributed by atoms with van der Waals surface area (Å²) >= 11 is 0. The second kappa shape index (κ2) is 11.7. The first-order valence-corrected chi connectivity index (χ1v) is 10.1. The van der Waals surface area contributed by atoms with Crippen LogP contribution in [0.5, 0.6) is 5.75 Å². The van der Waals surface area contributed by atoms with Gasteiger partial charge in [0.25, 0.3) is 5.91 Å². The normalized spacial score (nSPS) is 11.1. The maximum absolute atomic E-state index is 11.8. The van der Waals surface area contributed by atoms with Gasteiger partial charge in [0.1, 0.15) is 5.75 Å². The molecule has 0 fully saturated rings. The van der Waals surface area contributed by atoms with E-state index in [2.05, 4.69) is 40.0 Å². The molecule has 6 nitrogen and oxygen atoms in total. The van der Waals surface area contributed by atoms with E-state index in [0.29, 0.717) is 18.7 Å². The van der Waals surface area contributed by atoms with Crippen molar-refractivity contribution in [1.29, 1.82) is 0 Å². The molecule has 6 heteroatoms. The van der Waals surface area contributed by atoms with Crippen molar-refractivity contribution in [3.63, 3.8) is 0 Å². The van der Waals surface area contributed by atoms with Gasteiger partial charge in [0.05, 0.1) is 13.7 Å². The number of rotatable bonds is 9. The van der Waals surface area contributed by atoms with Crippen LogP contribution in [0.1, 0.15) is 40.9 Å². The average Bonchev–Trinajstić information content (AvgIpc) is 2.72. The highest BCUT2D eigenvalue weighted by Gasteiger charge is 2.05. The zero-order valence-electron chi connectivity index (χ0n) is 17.8. The van der Waals surface area contributed by atoms with Gasteiger partial charge in [0.2, 0.25) is 0 Å². The third-order valence-corrected chi connectivity index (χ3v) is 4.44. The lowest BCUT2D eigenvalue weighted by Crippen LogP contribution is -2.38. The van der Waals surface area contributed by atoms with Crippen molar-refractivity contribution in [3.8, 4) is 5.75 Å². The molecule has 2 rings (SSSR count). The summed E-state index contributed by atoms with van der Waals surface area (Å²) < 4.78 is 5.45. The molecule has 0 saturated carbocycles. The molecule has 1 amide bonds. The van der Waals surface area contributed by atoms with E-state index in [0.717, 1.165) is 36.8 Å². The molecule has 0 saturated heterocycles. The van der Waals surface area contributed by atoms with Gasteiger partial charge >= 0.3 is 0 Å². The number of aliphatic imine (C=N–C) groups is 1. The molecule has 3 N–H and O–H groups in total. The van der Waals surface area contributed by atoms with E-state index in [4.69, 9.17) is 4.74 Å². The minimum absolute atomic E-state index is 0.0517. The first kappa shape index (κ1) is 22.3. The summed E-state index contributed by atoms with van der Waals surface area (Å²) in [5.41, 5.74) is 4.11. The van der Waals surface area contributed by atoms with E-state index in [1.165, 1.54) is 11.1 Å². The Balaban J connectivity index is 1.94. The molecule has 0 bridgehead atoms. The lowest BCUT2D eigenvalue weighted by molar-refractivity contribution is 0.0956. The summed E-state index contributed by atoms with van der Waals surface area (Å²) in [6, 6.07) is 13.8. The molecule has 2 aromatic carbocycles. The first-order chi connectivity index (χ1) is 14.1. The number of aryl methyl sites for hydroxylation is 1. The van der Waals surface area contributed by atoms with Crippen LogP contribution in [-0.4, -0.2) is 38.6 Å². The maximum atomic E-state index is 11.8. The third-order valence-electron chi connectivity index (χ3n) is 4.44. The van der Waals surface area contributed by atoms with Crippen LogP contribution in [0.15, 0.2) is 47.5 Å². The Morgan fingerprint density at radius 2 is 1.72 bits per heavy atom. The quantitative estimate of drug-likeness (QED) is 0.450. The van der Waals surface area contributed by atoms with Crippen molar-refractivity contribution < 1.29 is 9.53 Å². The summed E-state index contributed by atoms with van der Waals surface area (Å²) in [6.45, 7) is 8.74. The summed E-state index contributed by atoms with van der Waals surface area (Å²) in [5, 5.41) is 9.45. The van der Waals surface area contributed by atoms with E-state index in [-0.39, 0.29) is 5.91 Å². The highest BCUT2D eigenvalue weighted by molar-refractivity contribution is 5.94. The number of ether oxygens (including phenoxy) is 1. The van der Waals surface area contributed by atoms with Crippen LogP contribution in [0.4, 0.5) is 0 Å². The van der Waals surface area contributed by atoms with E-state index in [1.54, 1.807) is 7.11 Å². The zero-order valence-corrected chi connectivity index (χ0v) is 17.8. The fourth-order valence-corrected chi connectivity index (χ4v) is 2.95. The number of guanidine groups is 1. The Bertz CT molecular complexity index is 816. The molecule has 0 heterocycles. The van der Waals surface area contributed by atoms with Gasteiger partial charge in [-0.05, 0) is 56.5 Å². The van der Waals surface area contributed by atoms with Gasteiger partial charge < -0.3 is 20.7 Å². The number of nitrogens with one attached hydrogen (secondary N) is 3. The van der Waals surface area contributed by atoms with Gasteiger partial charge in [-0.15, -0.1) is 0 Å². The Kier molecular flexibility index (Phi) is 9.02. The van der Waals surface area contributed by atoms with Crippen molar-refractivity contribution in [2.45, 2.75) is 33.7 Å². The topological polar surface area (TPSA) is 74.8 Å². The predicted octanol–water partition coefficient (Wildman–Crippen LogP) is 3.05. The molecule has 0 aliphatic heterocycles. The largest absolute Gasteiger partial charge is 0.496 e. The van der Waals surface area contributed by atoms with Crippen LogP contribution in [0.3, 0.4) is 0 Å². The highest BCUT2D eigenvalue weighted by atomic mass is 16.5. The lowest BCUT2D eigenvalue weighted by atomic mass is 10.1. The maximum Gasteiger partial charge on any atom is 0.251 e. The number of benzene rings is 2. The van der Waals surface area contributed by atoms with Crippen molar-refractivity contribution in [1.82, 2.24) is 16.0 Å². The molecule has 0 spiro atoms. The second-order valence-corrected chi connectivity index (χ2v) is 6.74. The van der Waals surface area contributed by atoms with Crippen LogP contribution in [0, 0.1) is 6.92 Å². The smallest absolute Gasteiger partial charge is 0.251 e. The molecule has 29 heavy (non-hydrogen) atoms. The molecule has 0 aromatic heterocycles. The summed E-state index contributed by atoms with van der Waals surface area (Å²) in [6.07, 6.45) is 0.844. The summed E-state index contributed by atoms with van der Waals surface area (Å²) in [5.74, 6) is 1.63. The van der Waals surface area contributed by atoms with Crippen LogP contribution in [0.2, 0.25) is 0 Å².